The molecule has 0 aromatic carbocycles. The SMILES string of the molecule is COc1c(CN)ncc(OC(F)(F)F)c1CC(=O)O. The van der Waals surface area contributed by atoms with Gasteiger partial charge in [0.15, 0.2) is 5.75 Å². The molecule has 1 rings (SSSR count). The molecule has 0 bridgehead atoms. The number of nitrogens with two attached hydrogens (primary N) is 1. The van der Waals surface area contributed by atoms with Crippen molar-refractivity contribution in [2.45, 2.75) is 19.3 Å². The van der Waals surface area contributed by atoms with Gasteiger partial charge in [0.1, 0.15) is 5.75 Å². The van der Waals surface area contributed by atoms with Crippen molar-refractivity contribution >= 4 is 5.97 Å². The van der Waals surface area contributed by atoms with Crippen LogP contribution in [-0.2, 0) is 17.8 Å². The van der Waals surface area contributed by atoms with Crippen molar-refractivity contribution in [3.63, 3.8) is 0 Å². The summed E-state index contributed by atoms with van der Waals surface area (Å²) >= 11 is 0. The number of pyridine rings is 1. The third kappa shape index (κ3) is 3.98. The second-order valence-electron chi connectivity index (χ2n) is 3.40. The van der Waals surface area contributed by atoms with E-state index in [1.165, 1.54) is 7.11 Å². The smallest absolute Gasteiger partial charge is 0.494 e. The third-order valence-electron chi connectivity index (χ3n) is 2.12. The highest BCUT2D eigenvalue weighted by Crippen LogP contribution is 2.34. The number of aromatic nitrogens is 1. The van der Waals surface area contributed by atoms with Crippen molar-refractivity contribution in [3.8, 4) is 11.5 Å². The van der Waals surface area contributed by atoms with Crippen LogP contribution in [0.25, 0.3) is 0 Å². The lowest BCUT2D eigenvalue weighted by atomic mass is 10.1. The Balaban J connectivity index is 3.33. The van der Waals surface area contributed by atoms with Crippen LogP contribution in [0.1, 0.15) is 11.3 Å². The van der Waals surface area contributed by atoms with E-state index in [-0.39, 0.29) is 23.6 Å². The number of carbonyl (C=O) groups is 1. The molecule has 0 radical (unpaired) electrons. The van der Waals surface area contributed by atoms with E-state index < -0.39 is 24.5 Å². The quantitative estimate of drug-likeness (QED) is 0.838. The first-order valence-electron chi connectivity index (χ1n) is 5.00. The van der Waals surface area contributed by atoms with Gasteiger partial charge in [-0.15, -0.1) is 13.2 Å². The number of alkyl halides is 3. The molecule has 6 nitrogen and oxygen atoms in total. The molecule has 1 aromatic heterocycles. The van der Waals surface area contributed by atoms with Gasteiger partial charge in [0.25, 0.3) is 0 Å². The minimum atomic E-state index is -4.95. The van der Waals surface area contributed by atoms with Gasteiger partial charge in [-0.25, -0.2) is 0 Å². The summed E-state index contributed by atoms with van der Waals surface area (Å²) in [5.74, 6) is -2.17. The Kier molecular flexibility index (Phi) is 4.54. The first-order chi connectivity index (χ1) is 8.78. The number of halogens is 3. The summed E-state index contributed by atoms with van der Waals surface area (Å²) in [4.78, 5) is 14.4. The van der Waals surface area contributed by atoms with Crippen LogP contribution >= 0.6 is 0 Å². The number of methoxy groups -OCH3 is 1. The van der Waals surface area contributed by atoms with Crippen LogP contribution in [0.5, 0.6) is 11.5 Å². The molecule has 0 saturated heterocycles. The Hall–Kier alpha value is -2.03. The second-order valence-corrected chi connectivity index (χ2v) is 3.40. The van der Waals surface area contributed by atoms with E-state index in [0.29, 0.717) is 0 Å². The number of ether oxygens (including phenoxy) is 2. The lowest BCUT2D eigenvalue weighted by molar-refractivity contribution is -0.275. The highest BCUT2D eigenvalue weighted by Gasteiger charge is 2.33. The molecule has 0 saturated carbocycles. The van der Waals surface area contributed by atoms with E-state index in [0.717, 1.165) is 6.20 Å². The summed E-state index contributed by atoms with van der Waals surface area (Å²) in [6, 6.07) is 0. The lowest BCUT2D eigenvalue weighted by Gasteiger charge is -2.16. The van der Waals surface area contributed by atoms with Gasteiger partial charge < -0.3 is 20.3 Å². The maximum Gasteiger partial charge on any atom is 0.573 e. The third-order valence-corrected chi connectivity index (χ3v) is 2.12. The molecule has 0 aliphatic rings. The van der Waals surface area contributed by atoms with Crippen molar-refractivity contribution in [2.24, 2.45) is 5.73 Å². The fraction of sp³-hybridized carbons (Fsp3) is 0.400. The summed E-state index contributed by atoms with van der Waals surface area (Å²) in [7, 11) is 1.18. The summed E-state index contributed by atoms with van der Waals surface area (Å²) in [6.07, 6.45) is -4.88. The Morgan fingerprint density at radius 2 is 2.16 bits per heavy atom. The second kappa shape index (κ2) is 5.74. The summed E-state index contributed by atoms with van der Waals surface area (Å²) in [5.41, 5.74) is 5.24. The van der Waals surface area contributed by atoms with Gasteiger partial charge >= 0.3 is 12.3 Å². The molecule has 0 spiro atoms. The highest BCUT2D eigenvalue weighted by molar-refractivity contribution is 5.73. The largest absolute Gasteiger partial charge is 0.573 e. The van der Waals surface area contributed by atoms with Gasteiger partial charge in [0.05, 0.1) is 31.0 Å². The summed E-state index contributed by atoms with van der Waals surface area (Å²) in [6.45, 7) is -0.109. The minimum absolute atomic E-state index is 0.109. The zero-order chi connectivity index (χ0) is 14.6. The molecule has 1 heterocycles. The van der Waals surface area contributed by atoms with Gasteiger partial charge in [-0.1, -0.05) is 0 Å². The van der Waals surface area contributed by atoms with Gasteiger partial charge in [-0.05, 0) is 0 Å². The lowest BCUT2D eigenvalue weighted by Crippen LogP contribution is -2.20. The molecular formula is C10H11F3N2O4. The monoisotopic (exact) mass is 280 g/mol. The van der Waals surface area contributed by atoms with Crippen molar-refractivity contribution in [3.05, 3.63) is 17.5 Å². The summed E-state index contributed by atoms with van der Waals surface area (Å²) in [5, 5.41) is 8.73. The van der Waals surface area contributed by atoms with E-state index in [1.807, 2.05) is 0 Å². The predicted molar refractivity (Wildman–Crippen MR) is 56.7 cm³/mol. The summed E-state index contributed by atoms with van der Waals surface area (Å²) < 4.78 is 45.2. The van der Waals surface area contributed by atoms with Crippen LogP contribution in [0.4, 0.5) is 13.2 Å². The van der Waals surface area contributed by atoms with Crippen molar-refractivity contribution in [1.29, 1.82) is 0 Å². The Morgan fingerprint density at radius 1 is 1.53 bits per heavy atom. The van der Waals surface area contributed by atoms with Crippen LogP contribution in [0.3, 0.4) is 0 Å². The molecule has 19 heavy (non-hydrogen) atoms. The van der Waals surface area contributed by atoms with E-state index >= 15 is 0 Å². The average molecular weight is 280 g/mol. The molecule has 0 unspecified atom stereocenters. The fourth-order valence-corrected chi connectivity index (χ4v) is 1.48. The number of aliphatic carboxylic acids is 1. The predicted octanol–water partition coefficient (Wildman–Crippen LogP) is 1.07. The molecule has 0 fully saturated rings. The molecule has 3 N–H and O–H groups in total. The molecule has 9 heteroatoms. The van der Waals surface area contributed by atoms with Crippen LogP contribution in [0, 0.1) is 0 Å². The average Bonchev–Trinajstić information content (AvgIpc) is 2.28. The molecule has 0 aliphatic heterocycles. The zero-order valence-corrected chi connectivity index (χ0v) is 9.82. The van der Waals surface area contributed by atoms with Gasteiger partial charge in [0.2, 0.25) is 0 Å². The Bertz CT molecular complexity index is 477. The van der Waals surface area contributed by atoms with Gasteiger partial charge in [0, 0.05) is 6.54 Å². The Labute approximate surface area is 105 Å². The number of hydrogen-bond donors (Lipinski definition) is 2. The standard InChI is InChI=1S/C10H11F3N2O4/c1-18-9-5(2-8(16)17)7(19-10(11,12)13)4-15-6(9)3-14/h4H,2-3,14H2,1H3,(H,16,17). The van der Waals surface area contributed by atoms with E-state index in [9.17, 15) is 18.0 Å². The van der Waals surface area contributed by atoms with Crippen LogP contribution in [0.15, 0.2) is 6.20 Å². The maximum absolute atomic E-state index is 12.2. The number of carboxylic acids is 1. The topological polar surface area (TPSA) is 94.7 Å². The van der Waals surface area contributed by atoms with Crippen LogP contribution in [0.2, 0.25) is 0 Å². The van der Waals surface area contributed by atoms with Crippen LogP contribution < -0.4 is 15.2 Å². The molecule has 106 valence electrons. The zero-order valence-electron chi connectivity index (χ0n) is 9.82. The van der Waals surface area contributed by atoms with Crippen molar-refractivity contribution < 1.29 is 32.5 Å². The molecule has 0 atom stereocenters. The fourth-order valence-electron chi connectivity index (χ4n) is 1.48. The maximum atomic E-state index is 12.2. The van der Waals surface area contributed by atoms with E-state index in [1.54, 1.807) is 0 Å². The molecule has 0 amide bonds. The van der Waals surface area contributed by atoms with Crippen molar-refractivity contribution in [1.82, 2.24) is 4.98 Å². The molecule has 1 aromatic rings. The van der Waals surface area contributed by atoms with E-state index in [2.05, 4.69) is 9.72 Å². The first-order valence-corrected chi connectivity index (χ1v) is 5.00. The minimum Gasteiger partial charge on any atom is -0.494 e. The normalized spacial score (nSPS) is 11.2. The highest BCUT2D eigenvalue weighted by atomic mass is 19.4. The van der Waals surface area contributed by atoms with Crippen molar-refractivity contribution in [2.75, 3.05) is 7.11 Å². The van der Waals surface area contributed by atoms with Gasteiger partial charge in [-0.3, -0.25) is 9.78 Å². The number of hydrogen-bond acceptors (Lipinski definition) is 5. The molecule has 0 aliphatic carbocycles. The number of nitrogens with zero attached hydrogens (tertiary/aromatic N) is 1. The first kappa shape index (κ1) is 15.0. The number of rotatable bonds is 5. The molecular weight excluding hydrogens is 269 g/mol. The van der Waals surface area contributed by atoms with Gasteiger partial charge in [-0.2, -0.15) is 0 Å². The van der Waals surface area contributed by atoms with Crippen LogP contribution in [-0.4, -0.2) is 29.5 Å². The number of carboxylic acid groups (broad SMARTS) is 1. The Morgan fingerprint density at radius 3 is 2.58 bits per heavy atom. The van der Waals surface area contributed by atoms with E-state index in [4.69, 9.17) is 15.6 Å².